The zero-order chi connectivity index (χ0) is 26.8. The lowest BCUT2D eigenvalue weighted by Gasteiger charge is -2.38. The lowest BCUT2D eigenvalue weighted by Crippen LogP contribution is -2.41. The Labute approximate surface area is 224 Å². The smallest absolute Gasteiger partial charge is 0.338 e. The van der Waals surface area contributed by atoms with E-state index >= 15 is 0 Å². The molecule has 0 saturated heterocycles. The second-order valence-electron chi connectivity index (χ2n) is 10.3. The molecule has 0 bridgehead atoms. The van der Waals surface area contributed by atoms with Crippen molar-refractivity contribution in [2.75, 3.05) is 13.2 Å². The maximum Gasteiger partial charge on any atom is 0.338 e. The summed E-state index contributed by atoms with van der Waals surface area (Å²) in [5.74, 6) is 0.329. The van der Waals surface area contributed by atoms with Gasteiger partial charge in [-0.1, -0.05) is 90.5 Å². The number of benzene rings is 4. The first-order valence-electron chi connectivity index (χ1n) is 13.2. The van der Waals surface area contributed by atoms with Crippen molar-refractivity contribution >= 4 is 5.97 Å². The highest BCUT2D eigenvalue weighted by Gasteiger charge is 2.61. The summed E-state index contributed by atoms with van der Waals surface area (Å²) in [6.07, 6.45) is 1.82. The second kappa shape index (κ2) is 10.5. The lowest BCUT2D eigenvalue weighted by molar-refractivity contribution is 0.0371. The standard InChI is InChI=1S/C34H34O4/c1-24-22-25(2)31(26(3)23-24)32(35)38-21-20-37-30-16-14-29(15-17-30)34(36,28-12-8-5-9-13-28)33(18-19-33)27-10-6-4-7-11-27/h4-17,22-23,36H,18-21H2,1-3H3. The number of hydrogen-bond donors (Lipinski definition) is 1. The van der Waals surface area contributed by atoms with Gasteiger partial charge in [-0.25, -0.2) is 4.79 Å². The molecule has 1 unspecified atom stereocenters. The monoisotopic (exact) mass is 506 g/mol. The van der Waals surface area contributed by atoms with Gasteiger partial charge >= 0.3 is 5.97 Å². The van der Waals surface area contributed by atoms with E-state index in [-0.39, 0.29) is 24.6 Å². The molecule has 5 rings (SSSR count). The van der Waals surface area contributed by atoms with E-state index in [2.05, 4.69) is 12.1 Å². The number of carbonyl (C=O) groups excluding carboxylic acids is 1. The Morgan fingerprint density at radius 2 is 1.34 bits per heavy atom. The molecule has 194 valence electrons. The van der Waals surface area contributed by atoms with Gasteiger partial charge in [-0.05, 0) is 73.6 Å². The van der Waals surface area contributed by atoms with Crippen LogP contribution in [0.3, 0.4) is 0 Å². The van der Waals surface area contributed by atoms with Crippen LogP contribution in [0, 0.1) is 20.8 Å². The molecule has 1 fully saturated rings. The van der Waals surface area contributed by atoms with Crippen LogP contribution in [0.15, 0.2) is 97.1 Å². The van der Waals surface area contributed by atoms with E-state index < -0.39 is 5.60 Å². The fourth-order valence-corrected chi connectivity index (χ4v) is 5.80. The van der Waals surface area contributed by atoms with Crippen LogP contribution in [0.5, 0.6) is 5.75 Å². The van der Waals surface area contributed by atoms with Gasteiger partial charge < -0.3 is 14.6 Å². The van der Waals surface area contributed by atoms with Gasteiger partial charge in [-0.3, -0.25) is 0 Å². The van der Waals surface area contributed by atoms with Gasteiger partial charge in [0.1, 0.15) is 24.6 Å². The zero-order valence-corrected chi connectivity index (χ0v) is 22.2. The fourth-order valence-electron chi connectivity index (χ4n) is 5.80. The third-order valence-electron chi connectivity index (χ3n) is 7.70. The second-order valence-corrected chi connectivity index (χ2v) is 10.3. The Balaban J connectivity index is 1.30. The van der Waals surface area contributed by atoms with Crippen LogP contribution in [-0.2, 0) is 15.8 Å². The minimum Gasteiger partial charge on any atom is -0.490 e. The molecule has 4 aromatic carbocycles. The van der Waals surface area contributed by atoms with Crippen LogP contribution in [0.4, 0.5) is 0 Å². The highest BCUT2D eigenvalue weighted by molar-refractivity contribution is 5.92. The number of esters is 1. The minimum absolute atomic E-state index is 0.151. The van der Waals surface area contributed by atoms with E-state index in [1.54, 1.807) is 0 Å². The van der Waals surface area contributed by atoms with Crippen LogP contribution >= 0.6 is 0 Å². The first-order valence-corrected chi connectivity index (χ1v) is 13.2. The number of carbonyl (C=O) groups is 1. The molecule has 1 atom stereocenters. The van der Waals surface area contributed by atoms with E-state index in [9.17, 15) is 9.90 Å². The van der Waals surface area contributed by atoms with Crippen molar-refractivity contribution in [3.8, 4) is 5.75 Å². The Bertz CT molecular complexity index is 1380. The summed E-state index contributed by atoms with van der Waals surface area (Å²) >= 11 is 0. The summed E-state index contributed by atoms with van der Waals surface area (Å²) in [5.41, 5.74) is 4.88. The van der Waals surface area contributed by atoms with Crippen LogP contribution in [0.1, 0.15) is 56.6 Å². The summed E-state index contributed by atoms with van der Waals surface area (Å²) in [5, 5.41) is 12.4. The molecule has 0 aliphatic heterocycles. The number of hydrogen-bond acceptors (Lipinski definition) is 4. The molecule has 1 N–H and O–H groups in total. The molecule has 38 heavy (non-hydrogen) atoms. The molecule has 4 nitrogen and oxygen atoms in total. The highest BCUT2D eigenvalue weighted by Crippen LogP contribution is 2.62. The van der Waals surface area contributed by atoms with Crippen LogP contribution in [0.2, 0.25) is 0 Å². The van der Waals surface area contributed by atoms with Crippen molar-refractivity contribution in [3.05, 3.63) is 136 Å². The minimum atomic E-state index is -1.17. The molecule has 0 spiro atoms. The van der Waals surface area contributed by atoms with Gasteiger partial charge in [0.05, 0.1) is 5.56 Å². The molecule has 0 heterocycles. The highest BCUT2D eigenvalue weighted by atomic mass is 16.6. The Hall–Kier alpha value is -3.89. The topological polar surface area (TPSA) is 55.8 Å². The molecule has 0 amide bonds. The average Bonchev–Trinajstić information content (AvgIpc) is 3.74. The number of rotatable bonds is 9. The summed E-state index contributed by atoms with van der Waals surface area (Å²) in [6.45, 7) is 6.26. The Morgan fingerprint density at radius 1 is 0.789 bits per heavy atom. The van der Waals surface area contributed by atoms with Gasteiger partial charge in [0.25, 0.3) is 0 Å². The van der Waals surface area contributed by atoms with Gasteiger partial charge in [0.2, 0.25) is 0 Å². The van der Waals surface area contributed by atoms with E-state index in [1.165, 1.54) is 0 Å². The summed E-state index contributed by atoms with van der Waals surface area (Å²) in [4.78, 5) is 12.6. The molecular formula is C34H34O4. The Kier molecular flexibility index (Phi) is 7.09. The van der Waals surface area contributed by atoms with Crippen molar-refractivity contribution in [3.63, 3.8) is 0 Å². The quantitative estimate of drug-likeness (QED) is 0.200. The third-order valence-corrected chi connectivity index (χ3v) is 7.70. The number of aliphatic hydroxyl groups is 1. The molecule has 0 radical (unpaired) electrons. The maximum absolute atomic E-state index is 12.6. The number of ether oxygens (including phenoxy) is 2. The predicted octanol–water partition coefficient (Wildman–Crippen LogP) is 6.82. The zero-order valence-electron chi connectivity index (χ0n) is 22.2. The Morgan fingerprint density at radius 3 is 1.92 bits per heavy atom. The van der Waals surface area contributed by atoms with Gasteiger partial charge in [-0.15, -0.1) is 0 Å². The first-order chi connectivity index (χ1) is 18.3. The molecular weight excluding hydrogens is 472 g/mol. The van der Waals surface area contributed by atoms with E-state index in [0.717, 1.165) is 46.2 Å². The maximum atomic E-state index is 12.6. The molecule has 1 aliphatic carbocycles. The van der Waals surface area contributed by atoms with Crippen LogP contribution < -0.4 is 4.74 Å². The van der Waals surface area contributed by atoms with Crippen molar-refractivity contribution < 1.29 is 19.4 Å². The fraction of sp³-hybridized carbons (Fsp3) is 0.265. The van der Waals surface area contributed by atoms with Gasteiger partial charge in [0.15, 0.2) is 0 Å². The van der Waals surface area contributed by atoms with Crippen molar-refractivity contribution in [1.29, 1.82) is 0 Å². The van der Waals surface area contributed by atoms with Crippen molar-refractivity contribution in [2.45, 2.75) is 44.6 Å². The first kappa shape index (κ1) is 25.7. The summed E-state index contributed by atoms with van der Waals surface area (Å²) in [7, 11) is 0. The van der Waals surface area contributed by atoms with E-state index in [1.807, 2.05) is 106 Å². The SMILES string of the molecule is Cc1cc(C)c(C(=O)OCCOc2ccc(C(O)(c3ccccc3)C3(c4ccccc4)CC3)cc2)c(C)c1. The van der Waals surface area contributed by atoms with Crippen LogP contribution in [0.25, 0.3) is 0 Å². The summed E-state index contributed by atoms with van der Waals surface area (Å²) < 4.78 is 11.4. The average molecular weight is 507 g/mol. The van der Waals surface area contributed by atoms with Crippen molar-refractivity contribution in [2.24, 2.45) is 0 Å². The molecule has 4 aromatic rings. The number of aryl methyl sites for hydroxylation is 3. The lowest BCUT2D eigenvalue weighted by atomic mass is 9.70. The molecule has 4 heteroatoms. The third kappa shape index (κ3) is 4.72. The normalized spacial score (nSPS) is 15.4. The molecule has 1 saturated carbocycles. The molecule has 0 aromatic heterocycles. The summed E-state index contributed by atoms with van der Waals surface area (Å²) in [6, 6.07) is 31.8. The van der Waals surface area contributed by atoms with E-state index in [0.29, 0.717) is 11.3 Å². The van der Waals surface area contributed by atoms with Gasteiger partial charge in [0, 0.05) is 5.41 Å². The van der Waals surface area contributed by atoms with Crippen LogP contribution in [-0.4, -0.2) is 24.3 Å². The van der Waals surface area contributed by atoms with E-state index in [4.69, 9.17) is 9.47 Å². The van der Waals surface area contributed by atoms with Gasteiger partial charge in [-0.2, -0.15) is 0 Å². The van der Waals surface area contributed by atoms with Crippen molar-refractivity contribution in [1.82, 2.24) is 0 Å². The largest absolute Gasteiger partial charge is 0.490 e. The molecule has 1 aliphatic rings. The predicted molar refractivity (Wildman–Crippen MR) is 150 cm³/mol.